The van der Waals surface area contributed by atoms with Gasteiger partial charge in [0.2, 0.25) is 20.0 Å². The zero-order valence-corrected chi connectivity index (χ0v) is 44.6. The van der Waals surface area contributed by atoms with Gasteiger partial charge in [0.05, 0.1) is 32.6 Å². The highest BCUT2D eigenvalue weighted by Gasteiger charge is 2.27. The number of nitrogens with one attached hydrogen (secondary N) is 2. The summed E-state index contributed by atoms with van der Waals surface area (Å²) in [5, 5.41) is 25.4. The molecule has 2 atom stereocenters. The number of hydrogen-bond acceptors (Lipinski definition) is 11. The van der Waals surface area contributed by atoms with Crippen molar-refractivity contribution >= 4 is 104 Å². The Kier molecular flexibility index (Phi) is 15.7. The molecule has 24 heteroatoms. The van der Waals surface area contributed by atoms with Crippen molar-refractivity contribution in [3.8, 4) is 33.9 Å². The van der Waals surface area contributed by atoms with Crippen LogP contribution < -0.4 is 20.9 Å². The van der Waals surface area contributed by atoms with Crippen LogP contribution in [0, 0.1) is 0 Å². The van der Waals surface area contributed by atoms with E-state index in [0.29, 0.717) is 54.0 Å². The highest BCUT2D eigenvalue weighted by Crippen LogP contribution is 2.38. The fourth-order valence-electron chi connectivity index (χ4n) is 6.83. The number of nitrogens with two attached hydrogens (primary N) is 2. The zero-order valence-electron chi connectivity index (χ0n) is 35.6. The molecular formula is C46H35Br4N8O9PS2. The van der Waals surface area contributed by atoms with Gasteiger partial charge in [-0.1, -0.05) is 112 Å². The molecule has 0 fully saturated rings. The molecule has 70 heavy (non-hydrogen) atoms. The van der Waals surface area contributed by atoms with Crippen LogP contribution in [0.1, 0.15) is 44.6 Å². The predicted molar refractivity (Wildman–Crippen MR) is 276 cm³/mol. The highest BCUT2D eigenvalue weighted by molar-refractivity contribution is 9.11. The van der Waals surface area contributed by atoms with E-state index in [9.17, 15) is 31.0 Å². The monoisotopic (exact) mass is 1250 g/mol. The van der Waals surface area contributed by atoms with E-state index in [1.807, 2.05) is 24.3 Å². The minimum atomic E-state index is -3.99. The summed E-state index contributed by atoms with van der Waals surface area (Å²) in [5.74, 6) is -1.48. The molecule has 0 saturated heterocycles. The summed E-state index contributed by atoms with van der Waals surface area (Å²) in [4.78, 5) is 28.2. The maximum absolute atomic E-state index is 14.2. The Bertz CT molecular complexity index is 3250. The van der Waals surface area contributed by atoms with Crippen LogP contribution in [0.15, 0.2) is 185 Å². The van der Waals surface area contributed by atoms with Gasteiger partial charge in [-0.2, -0.15) is 10.2 Å². The zero-order chi connectivity index (χ0) is 49.9. The van der Waals surface area contributed by atoms with Crippen LogP contribution in [-0.2, 0) is 33.7 Å². The molecule has 2 heterocycles. The number of primary sulfonamides is 2. The fourth-order valence-corrected chi connectivity index (χ4v) is 9.75. The quantitative estimate of drug-likeness (QED) is 0.0523. The molecule has 0 saturated carbocycles. The van der Waals surface area contributed by atoms with Gasteiger partial charge >= 0.3 is 8.25 Å². The smallest absolute Gasteiger partial charge is 0.321 e. The van der Waals surface area contributed by atoms with Gasteiger partial charge in [0, 0.05) is 40.1 Å². The maximum atomic E-state index is 14.2. The predicted octanol–water partition coefficient (Wildman–Crippen LogP) is 9.72. The number of carbonyl (C=O) groups is 2. The lowest BCUT2D eigenvalue weighted by Gasteiger charge is -2.23. The van der Waals surface area contributed by atoms with Gasteiger partial charge in [-0.15, -0.1) is 0 Å². The van der Waals surface area contributed by atoms with E-state index < -0.39 is 52.6 Å². The number of amides is 2. The van der Waals surface area contributed by atoms with Gasteiger partial charge in [0.15, 0.2) is 23.8 Å². The van der Waals surface area contributed by atoms with Crippen molar-refractivity contribution < 1.29 is 40.0 Å². The summed E-state index contributed by atoms with van der Waals surface area (Å²) in [7, 11) is -11.6. The number of rotatable bonds is 16. The van der Waals surface area contributed by atoms with Gasteiger partial charge in [0.1, 0.15) is 0 Å². The topological polar surface area (TPSA) is 250 Å². The van der Waals surface area contributed by atoms with Crippen molar-refractivity contribution in [2.75, 3.05) is 0 Å². The van der Waals surface area contributed by atoms with Crippen LogP contribution >= 0.6 is 72.0 Å². The minimum absolute atomic E-state index is 0.0814. The molecule has 0 aliphatic carbocycles. The largest absolute Gasteiger partial charge is 0.323 e. The Balaban J connectivity index is 1.08. The third kappa shape index (κ3) is 12.4. The molecule has 2 unspecified atom stereocenters. The van der Waals surface area contributed by atoms with Crippen molar-refractivity contribution in [1.29, 1.82) is 0 Å². The lowest BCUT2D eigenvalue weighted by atomic mass is 10.1. The summed E-state index contributed by atoms with van der Waals surface area (Å²) < 4.78 is 80.2. The number of hydrogen-bond donors (Lipinski definition) is 4. The molecule has 0 spiro atoms. The Labute approximate surface area is 435 Å². The molecule has 6 aromatic carbocycles. The Morgan fingerprint density at radius 2 is 0.800 bits per heavy atom. The Hall–Kier alpha value is -5.43. The SMILES string of the molecule is NS(=O)(=O)c1ccc(-n2nc(C(=O)NC(O[PH](=O)OC(NC(=O)c3cc(-c4ccc(Br)cc4)n(-c4ccc(S(N)(=O)=O)cc4)n3)c3ccc(Br)cc3)c3ccc(Br)cc3)cc2-c2ccc(Br)cc2)cc1. The van der Waals surface area contributed by atoms with Crippen molar-refractivity contribution in [2.24, 2.45) is 10.3 Å². The molecule has 8 rings (SSSR count). The van der Waals surface area contributed by atoms with Crippen LogP contribution in [0.2, 0.25) is 0 Å². The third-order valence-electron chi connectivity index (χ3n) is 10.3. The first-order chi connectivity index (χ1) is 33.3. The van der Waals surface area contributed by atoms with E-state index in [2.05, 4.69) is 84.6 Å². The molecule has 0 aliphatic heterocycles. The molecule has 17 nitrogen and oxygen atoms in total. The normalized spacial score (nSPS) is 13.1. The Morgan fingerprint density at radius 1 is 0.500 bits per heavy atom. The molecule has 8 aromatic rings. The number of halogens is 4. The van der Waals surface area contributed by atoms with E-state index >= 15 is 0 Å². The van der Waals surface area contributed by atoms with Gasteiger partial charge < -0.3 is 10.6 Å². The summed E-state index contributed by atoms with van der Waals surface area (Å²) in [6.45, 7) is 0. The lowest BCUT2D eigenvalue weighted by molar-refractivity contribution is 0.0688. The maximum Gasteiger partial charge on any atom is 0.323 e. The molecule has 2 aromatic heterocycles. The second-order valence-corrected chi connectivity index (χ2v) is 22.8. The number of nitrogens with zero attached hydrogens (tertiary/aromatic N) is 4. The van der Waals surface area contributed by atoms with Crippen LogP contribution in [0.3, 0.4) is 0 Å². The van der Waals surface area contributed by atoms with Crippen molar-refractivity contribution in [3.05, 3.63) is 198 Å². The third-order valence-corrected chi connectivity index (χ3v) is 15.1. The molecule has 6 N–H and O–H groups in total. The van der Waals surface area contributed by atoms with Crippen LogP contribution in [-0.4, -0.2) is 48.2 Å². The van der Waals surface area contributed by atoms with Gasteiger partial charge in [-0.05, 0) is 109 Å². The average molecular weight is 1260 g/mol. The fraction of sp³-hybridized carbons (Fsp3) is 0.0435. The molecule has 0 aliphatic rings. The summed E-state index contributed by atoms with van der Waals surface area (Å²) in [5.41, 5.74) is 3.69. The number of sulfonamides is 2. The first kappa shape index (κ1) is 50.9. The van der Waals surface area contributed by atoms with E-state index in [4.69, 9.17) is 19.3 Å². The molecule has 0 radical (unpaired) electrons. The number of aromatic nitrogens is 4. The second-order valence-electron chi connectivity index (χ2n) is 15.0. The minimum Gasteiger partial charge on any atom is -0.321 e. The standard InChI is InChI=1S/C46H35Br4N8O9PS2/c47-31-9-1-27(2-10-31)41-25-39(55-57(41)35-17-21-37(22-18-35)69(51,62)63)43(59)53-45(29-5-13-33(49)14-6-29)66-68(61)67-46(30-7-15-34(50)16-8-30)54-44(60)40-26-42(28-3-11-32(48)12-4-28)58(56-40)36-19-23-38(24-20-36)70(52,64)65/h1-26,45-46,68H,(H,53,59)(H,54,60)(H2,51,62,63)(H2,52,64,65). The van der Waals surface area contributed by atoms with Crippen LogP contribution in [0.4, 0.5) is 0 Å². The van der Waals surface area contributed by atoms with Gasteiger partial charge in [0.25, 0.3) is 11.8 Å². The first-order valence-corrected chi connectivity index (χ1v) is 27.8. The highest BCUT2D eigenvalue weighted by atomic mass is 79.9. The molecule has 2 amide bonds. The van der Waals surface area contributed by atoms with E-state index in [1.54, 1.807) is 72.8 Å². The van der Waals surface area contributed by atoms with Gasteiger partial charge in [-0.25, -0.2) is 36.5 Å². The Morgan fingerprint density at radius 3 is 1.10 bits per heavy atom. The average Bonchev–Trinajstić information content (AvgIpc) is 3.99. The van der Waals surface area contributed by atoms with Gasteiger partial charge in [-0.3, -0.25) is 23.2 Å². The summed E-state index contributed by atoms with van der Waals surface area (Å²) >= 11 is 13.7. The lowest BCUT2D eigenvalue weighted by Crippen LogP contribution is -2.31. The van der Waals surface area contributed by atoms with E-state index in [1.165, 1.54) is 70.0 Å². The second kappa shape index (κ2) is 21.5. The van der Waals surface area contributed by atoms with Crippen molar-refractivity contribution in [3.63, 3.8) is 0 Å². The van der Waals surface area contributed by atoms with Crippen LogP contribution in [0.5, 0.6) is 0 Å². The number of carbonyl (C=O) groups excluding carboxylic acids is 2. The van der Waals surface area contributed by atoms with Crippen LogP contribution in [0.25, 0.3) is 33.9 Å². The molecule has 358 valence electrons. The van der Waals surface area contributed by atoms with Crippen molar-refractivity contribution in [2.45, 2.75) is 22.2 Å². The molecular weight excluding hydrogens is 1220 g/mol. The van der Waals surface area contributed by atoms with Crippen molar-refractivity contribution in [1.82, 2.24) is 30.2 Å². The molecule has 0 bridgehead atoms. The summed E-state index contributed by atoms with van der Waals surface area (Å²) in [6, 6.07) is 42.2. The van der Waals surface area contributed by atoms with E-state index in [-0.39, 0.29) is 21.2 Å². The number of benzene rings is 6. The summed E-state index contributed by atoms with van der Waals surface area (Å²) in [6.07, 6.45) is -2.79. The first-order valence-electron chi connectivity index (χ1n) is 20.3. The van der Waals surface area contributed by atoms with E-state index in [0.717, 1.165) is 8.95 Å².